The van der Waals surface area contributed by atoms with Crippen molar-refractivity contribution in [2.24, 2.45) is 0 Å². The molecule has 0 spiro atoms. The van der Waals surface area contributed by atoms with Gasteiger partial charge in [-0.15, -0.1) is 11.3 Å². The van der Waals surface area contributed by atoms with E-state index in [0.29, 0.717) is 5.56 Å². The summed E-state index contributed by atoms with van der Waals surface area (Å²) in [6.45, 7) is -0.336. The Kier molecular flexibility index (Phi) is 7.86. The molecule has 1 saturated heterocycles. The van der Waals surface area contributed by atoms with E-state index in [1.54, 1.807) is 29.6 Å². The molecule has 2 N–H and O–H groups in total. The molecule has 194 valence electrons. The molecule has 2 unspecified atom stereocenters. The Morgan fingerprint density at radius 2 is 1.76 bits per heavy atom. The number of carboxylic acid groups (broad SMARTS) is 1. The number of para-hydroxylation sites is 1. The topological polar surface area (TPSA) is 133 Å². The maximum absolute atomic E-state index is 13.5. The average Bonchev–Trinajstić information content (AvgIpc) is 3.56. The number of aliphatic carboxylic acids is 1. The number of halogens is 1. The first-order valence-corrected chi connectivity index (χ1v) is 13.4. The van der Waals surface area contributed by atoms with E-state index >= 15 is 0 Å². The number of hydrogen-bond acceptors (Lipinski definition) is 7. The maximum atomic E-state index is 13.5. The molecule has 13 heteroatoms. The maximum Gasteiger partial charge on any atom is 0.417 e. The van der Waals surface area contributed by atoms with Crippen molar-refractivity contribution in [1.29, 1.82) is 0 Å². The van der Waals surface area contributed by atoms with E-state index in [4.69, 9.17) is 4.74 Å². The number of carbonyl (C=O) groups excluding carboxylic acids is 2. The van der Waals surface area contributed by atoms with Crippen LogP contribution >= 0.6 is 11.3 Å². The van der Waals surface area contributed by atoms with Crippen molar-refractivity contribution in [2.45, 2.75) is 22.8 Å². The third-order valence-electron chi connectivity index (χ3n) is 5.57. The number of thiophene rings is 1. The van der Waals surface area contributed by atoms with Crippen LogP contribution in [0.15, 0.2) is 76.3 Å². The zero-order valence-electron chi connectivity index (χ0n) is 19.2. The van der Waals surface area contributed by atoms with Gasteiger partial charge in [-0.05, 0) is 41.3 Å². The fraction of sp³-hybridized carbons (Fsp3) is 0.208. The normalized spacial score (nSPS) is 16.8. The Morgan fingerprint density at radius 3 is 2.38 bits per heavy atom. The SMILES string of the molecule is O=C(O)CC(NC(=O)C1N(C(=O)Oc2ccccc2)CCN1S(=O)(=O)c1cccs1)c1ccc(F)cc1. The first-order chi connectivity index (χ1) is 17.7. The van der Waals surface area contributed by atoms with Crippen molar-refractivity contribution in [2.75, 3.05) is 13.1 Å². The summed E-state index contributed by atoms with van der Waals surface area (Å²) < 4.78 is 46.3. The fourth-order valence-electron chi connectivity index (χ4n) is 3.86. The number of nitrogens with zero attached hydrogens (tertiary/aromatic N) is 2. The largest absolute Gasteiger partial charge is 0.481 e. The number of benzene rings is 2. The second-order valence-corrected chi connectivity index (χ2v) is 11.1. The highest BCUT2D eigenvalue weighted by molar-refractivity contribution is 7.91. The molecule has 2 amide bonds. The average molecular weight is 548 g/mol. The molecule has 2 atom stereocenters. The van der Waals surface area contributed by atoms with Crippen molar-refractivity contribution in [3.63, 3.8) is 0 Å². The molecule has 1 aromatic heterocycles. The molecule has 1 fully saturated rings. The number of nitrogens with one attached hydrogen (secondary N) is 1. The van der Waals surface area contributed by atoms with Crippen LogP contribution in [-0.4, -0.2) is 60.0 Å². The Hall–Kier alpha value is -3.81. The van der Waals surface area contributed by atoms with Gasteiger partial charge in [0.1, 0.15) is 15.8 Å². The summed E-state index contributed by atoms with van der Waals surface area (Å²) in [6, 6.07) is 14.7. The second kappa shape index (κ2) is 11.1. The Labute approximate surface area is 215 Å². The summed E-state index contributed by atoms with van der Waals surface area (Å²) >= 11 is 0.954. The minimum atomic E-state index is -4.18. The highest BCUT2D eigenvalue weighted by atomic mass is 32.2. The van der Waals surface area contributed by atoms with Crippen LogP contribution in [0.5, 0.6) is 5.75 Å². The van der Waals surface area contributed by atoms with E-state index in [-0.39, 0.29) is 23.0 Å². The third-order valence-corrected chi connectivity index (χ3v) is 8.80. The minimum absolute atomic E-state index is 0.0239. The lowest BCUT2D eigenvalue weighted by Crippen LogP contribution is -2.54. The van der Waals surface area contributed by atoms with E-state index in [1.165, 1.54) is 30.3 Å². The number of rotatable bonds is 8. The zero-order valence-corrected chi connectivity index (χ0v) is 20.8. The Balaban J connectivity index is 1.66. The predicted octanol–water partition coefficient (Wildman–Crippen LogP) is 3.05. The van der Waals surface area contributed by atoms with Gasteiger partial charge >= 0.3 is 12.1 Å². The number of sulfonamides is 1. The van der Waals surface area contributed by atoms with Crippen LogP contribution < -0.4 is 10.1 Å². The lowest BCUT2D eigenvalue weighted by molar-refractivity contribution is -0.138. The second-order valence-electron chi connectivity index (χ2n) is 8.01. The van der Waals surface area contributed by atoms with Crippen molar-refractivity contribution in [1.82, 2.24) is 14.5 Å². The molecule has 2 heterocycles. The molecule has 2 aromatic carbocycles. The van der Waals surface area contributed by atoms with Crippen molar-refractivity contribution < 1.29 is 37.0 Å². The van der Waals surface area contributed by atoms with Gasteiger partial charge in [0, 0.05) is 13.1 Å². The first-order valence-electron chi connectivity index (χ1n) is 11.0. The third kappa shape index (κ3) is 5.96. The van der Waals surface area contributed by atoms with Gasteiger partial charge in [0.2, 0.25) is 0 Å². The van der Waals surface area contributed by atoms with Gasteiger partial charge in [0.05, 0.1) is 12.5 Å². The van der Waals surface area contributed by atoms with Gasteiger partial charge in [0.25, 0.3) is 15.9 Å². The summed E-state index contributed by atoms with van der Waals surface area (Å²) in [5.74, 6) is -2.54. The number of carbonyl (C=O) groups is 3. The van der Waals surface area contributed by atoms with Crippen LogP contribution in [-0.2, 0) is 19.6 Å². The molecule has 1 aliphatic heterocycles. The van der Waals surface area contributed by atoms with Crippen LogP contribution in [0.4, 0.5) is 9.18 Å². The van der Waals surface area contributed by atoms with Crippen LogP contribution in [0.1, 0.15) is 18.0 Å². The van der Waals surface area contributed by atoms with Crippen LogP contribution in [0.25, 0.3) is 0 Å². The van der Waals surface area contributed by atoms with Crippen molar-refractivity contribution >= 4 is 39.3 Å². The molecule has 0 radical (unpaired) electrons. The molecule has 4 rings (SSSR count). The predicted molar refractivity (Wildman–Crippen MR) is 131 cm³/mol. The van der Waals surface area contributed by atoms with E-state index < -0.39 is 52.4 Å². The Morgan fingerprint density at radius 1 is 1.05 bits per heavy atom. The molecule has 3 aromatic rings. The summed E-state index contributed by atoms with van der Waals surface area (Å²) in [7, 11) is -4.18. The summed E-state index contributed by atoms with van der Waals surface area (Å²) in [5.41, 5.74) is 0.293. The molecule has 0 saturated carbocycles. The van der Waals surface area contributed by atoms with Gasteiger partial charge in [0.15, 0.2) is 6.17 Å². The van der Waals surface area contributed by atoms with E-state index in [1.807, 2.05) is 0 Å². The van der Waals surface area contributed by atoms with Crippen molar-refractivity contribution in [3.8, 4) is 5.75 Å². The molecule has 10 nitrogen and oxygen atoms in total. The zero-order chi connectivity index (χ0) is 26.6. The number of carboxylic acids is 1. The standard InChI is InChI=1S/C24H22FN3O7S2/c25-17-10-8-16(9-11-17)19(15-20(29)30)26-22(31)23-27(24(32)35-18-5-2-1-3-6-18)12-13-28(23)37(33,34)21-7-4-14-36-21/h1-11,14,19,23H,12-13,15H2,(H,26,31)(H,29,30). The molecule has 1 aliphatic rings. The van der Waals surface area contributed by atoms with Gasteiger partial charge in [-0.25, -0.2) is 17.6 Å². The minimum Gasteiger partial charge on any atom is -0.481 e. The summed E-state index contributed by atoms with van der Waals surface area (Å²) in [5, 5.41) is 13.5. The highest BCUT2D eigenvalue weighted by Gasteiger charge is 2.48. The number of hydrogen-bond donors (Lipinski definition) is 2. The van der Waals surface area contributed by atoms with Gasteiger partial charge < -0.3 is 15.2 Å². The van der Waals surface area contributed by atoms with Gasteiger partial charge in [-0.2, -0.15) is 4.31 Å². The molecular formula is C24H22FN3O7S2. The van der Waals surface area contributed by atoms with Gasteiger partial charge in [-0.3, -0.25) is 14.5 Å². The van der Waals surface area contributed by atoms with Gasteiger partial charge in [-0.1, -0.05) is 36.4 Å². The Bertz CT molecular complexity index is 1370. The smallest absolute Gasteiger partial charge is 0.417 e. The lowest BCUT2D eigenvalue weighted by atomic mass is 10.0. The van der Waals surface area contributed by atoms with Crippen LogP contribution in [0.2, 0.25) is 0 Å². The fourth-order valence-corrected chi connectivity index (χ4v) is 6.53. The number of amides is 2. The summed E-state index contributed by atoms with van der Waals surface area (Å²) in [6.07, 6.45) is -3.16. The van der Waals surface area contributed by atoms with Crippen LogP contribution in [0, 0.1) is 5.82 Å². The molecule has 0 aliphatic carbocycles. The highest BCUT2D eigenvalue weighted by Crippen LogP contribution is 2.29. The molecule has 37 heavy (non-hydrogen) atoms. The lowest BCUT2D eigenvalue weighted by Gasteiger charge is -2.29. The van der Waals surface area contributed by atoms with Crippen LogP contribution in [0.3, 0.4) is 0 Å². The quantitative estimate of drug-likeness (QED) is 0.443. The van der Waals surface area contributed by atoms with E-state index in [0.717, 1.165) is 32.7 Å². The van der Waals surface area contributed by atoms with Crippen molar-refractivity contribution in [3.05, 3.63) is 83.5 Å². The first kappa shape index (κ1) is 26.3. The molecule has 0 bridgehead atoms. The summed E-state index contributed by atoms with van der Waals surface area (Å²) in [4.78, 5) is 39.0. The number of ether oxygens (including phenoxy) is 1. The van der Waals surface area contributed by atoms with E-state index in [9.17, 15) is 32.3 Å². The van der Waals surface area contributed by atoms with E-state index in [2.05, 4.69) is 5.32 Å². The monoisotopic (exact) mass is 547 g/mol. The molecular weight excluding hydrogens is 525 g/mol.